The van der Waals surface area contributed by atoms with Gasteiger partial charge in [0.1, 0.15) is 6.26 Å². The van der Waals surface area contributed by atoms with Crippen LogP contribution in [0.4, 0.5) is 0 Å². The molecule has 0 aliphatic heterocycles. The van der Waals surface area contributed by atoms with E-state index in [4.69, 9.17) is 0 Å². The third-order valence-corrected chi connectivity index (χ3v) is 1.77. The molecule has 0 saturated carbocycles. The minimum Gasteiger partial charge on any atom is -0.363 e. The van der Waals surface area contributed by atoms with Gasteiger partial charge in [-0.05, 0) is 12.1 Å². The molecule has 0 fully saturated rings. The van der Waals surface area contributed by atoms with Crippen LogP contribution in [-0.4, -0.2) is 16.0 Å². The van der Waals surface area contributed by atoms with Crippen LogP contribution in [0.5, 0.6) is 0 Å². The first-order chi connectivity index (χ1) is 6.83. The molecule has 0 bridgehead atoms. The fourth-order valence-electron chi connectivity index (χ4n) is 1.11. The van der Waals surface area contributed by atoms with Gasteiger partial charge in [0.05, 0.1) is 5.56 Å². The Kier molecular flexibility index (Phi) is 1.98. The standard InChI is InChI=1S/C9H6N2O3/c12-6-7-2-1-4-11(9(7)13)8-3-5-14-10-8/h1-6H. The van der Waals surface area contributed by atoms with E-state index in [9.17, 15) is 9.59 Å². The van der Waals surface area contributed by atoms with Crippen LogP contribution < -0.4 is 5.56 Å². The fraction of sp³-hybridized carbons (Fsp3) is 0. The second-order valence-corrected chi connectivity index (χ2v) is 2.61. The van der Waals surface area contributed by atoms with E-state index in [2.05, 4.69) is 9.68 Å². The molecule has 2 rings (SSSR count). The lowest BCUT2D eigenvalue weighted by atomic mass is 10.3. The van der Waals surface area contributed by atoms with Crippen LogP contribution in [0.15, 0.2) is 40.0 Å². The summed E-state index contributed by atoms with van der Waals surface area (Å²) in [5.41, 5.74) is -0.313. The molecule has 0 atom stereocenters. The number of carbonyl (C=O) groups excluding carboxylic acids is 1. The highest BCUT2D eigenvalue weighted by atomic mass is 16.5. The summed E-state index contributed by atoms with van der Waals surface area (Å²) in [6.45, 7) is 0. The zero-order valence-corrected chi connectivity index (χ0v) is 7.08. The van der Waals surface area contributed by atoms with Crippen molar-refractivity contribution in [3.63, 3.8) is 0 Å². The van der Waals surface area contributed by atoms with E-state index in [0.717, 1.165) is 0 Å². The van der Waals surface area contributed by atoms with Crippen LogP contribution in [0.1, 0.15) is 10.4 Å². The largest absolute Gasteiger partial charge is 0.363 e. The predicted octanol–water partition coefficient (Wildman–Crippen LogP) is 0.638. The van der Waals surface area contributed by atoms with Gasteiger partial charge in [0, 0.05) is 12.3 Å². The molecule has 2 aromatic heterocycles. The molecule has 0 amide bonds. The van der Waals surface area contributed by atoms with Crippen LogP contribution in [0.25, 0.3) is 5.82 Å². The Morgan fingerprint density at radius 2 is 2.29 bits per heavy atom. The summed E-state index contributed by atoms with van der Waals surface area (Å²) in [5, 5.41) is 3.59. The highest BCUT2D eigenvalue weighted by Crippen LogP contribution is 2.00. The van der Waals surface area contributed by atoms with E-state index in [1.54, 1.807) is 6.07 Å². The first kappa shape index (κ1) is 8.43. The zero-order chi connectivity index (χ0) is 9.97. The summed E-state index contributed by atoms with van der Waals surface area (Å²) in [5.74, 6) is 0.360. The Hall–Kier alpha value is -2.17. The second-order valence-electron chi connectivity index (χ2n) is 2.61. The molecule has 14 heavy (non-hydrogen) atoms. The number of aldehydes is 1. The fourth-order valence-corrected chi connectivity index (χ4v) is 1.11. The average Bonchev–Trinajstić information content (AvgIpc) is 2.71. The average molecular weight is 190 g/mol. The van der Waals surface area contributed by atoms with Crippen molar-refractivity contribution in [3.05, 3.63) is 46.6 Å². The smallest absolute Gasteiger partial charge is 0.266 e. The van der Waals surface area contributed by atoms with E-state index < -0.39 is 5.56 Å². The number of nitrogens with zero attached hydrogens (tertiary/aromatic N) is 2. The van der Waals surface area contributed by atoms with E-state index in [-0.39, 0.29) is 5.56 Å². The van der Waals surface area contributed by atoms with Gasteiger partial charge in [0.25, 0.3) is 5.56 Å². The molecule has 0 aliphatic carbocycles. The van der Waals surface area contributed by atoms with Gasteiger partial charge in [-0.3, -0.25) is 14.2 Å². The summed E-state index contributed by atoms with van der Waals surface area (Å²) in [7, 11) is 0. The van der Waals surface area contributed by atoms with E-state index in [1.807, 2.05) is 0 Å². The number of carbonyl (C=O) groups is 1. The number of pyridine rings is 1. The lowest BCUT2D eigenvalue weighted by Crippen LogP contribution is -2.21. The molecule has 0 N–H and O–H groups in total. The van der Waals surface area contributed by atoms with Gasteiger partial charge in [-0.25, -0.2) is 0 Å². The molecular formula is C9H6N2O3. The SMILES string of the molecule is O=Cc1cccn(-c2ccon2)c1=O. The summed E-state index contributed by atoms with van der Waals surface area (Å²) in [6, 6.07) is 4.59. The third kappa shape index (κ3) is 1.24. The normalized spacial score (nSPS) is 10.0. The molecule has 5 heteroatoms. The maximum atomic E-state index is 11.5. The number of hydrogen-bond donors (Lipinski definition) is 0. The molecule has 2 aromatic rings. The Bertz CT molecular complexity index is 499. The van der Waals surface area contributed by atoms with Crippen molar-refractivity contribution >= 4 is 6.29 Å². The maximum Gasteiger partial charge on any atom is 0.266 e. The van der Waals surface area contributed by atoms with Gasteiger partial charge >= 0.3 is 0 Å². The molecule has 2 heterocycles. The minimum absolute atomic E-state index is 0.0931. The molecule has 0 saturated heterocycles. The van der Waals surface area contributed by atoms with Gasteiger partial charge in [-0.1, -0.05) is 5.16 Å². The molecule has 70 valence electrons. The molecule has 0 spiro atoms. The Labute approximate surface area is 78.6 Å². The van der Waals surface area contributed by atoms with Crippen LogP contribution in [0, 0.1) is 0 Å². The van der Waals surface area contributed by atoms with Crippen molar-refractivity contribution in [2.45, 2.75) is 0 Å². The summed E-state index contributed by atoms with van der Waals surface area (Å²) >= 11 is 0. The predicted molar refractivity (Wildman–Crippen MR) is 47.5 cm³/mol. The first-order valence-corrected chi connectivity index (χ1v) is 3.90. The summed E-state index contributed by atoms with van der Waals surface area (Å²) in [4.78, 5) is 22.0. The van der Waals surface area contributed by atoms with Crippen LogP contribution in [0.2, 0.25) is 0 Å². The van der Waals surface area contributed by atoms with Crippen molar-refractivity contribution in [1.82, 2.24) is 9.72 Å². The molecule has 5 nitrogen and oxygen atoms in total. The molecule has 0 unspecified atom stereocenters. The molecule has 0 aromatic carbocycles. The minimum atomic E-state index is -0.406. The lowest BCUT2D eigenvalue weighted by Gasteiger charge is -1.99. The van der Waals surface area contributed by atoms with Crippen molar-refractivity contribution < 1.29 is 9.32 Å². The summed E-state index contributed by atoms with van der Waals surface area (Å²) < 4.78 is 5.84. The zero-order valence-electron chi connectivity index (χ0n) is 7.08. The van der Waals surface area contributed by atoms with Gasteiger partial charge in [-0.15, -0.1) is 0 Å². The van der Waals surface area contributed by atoms with E-state index >= 15 is 0 Å². The topological polar surface area (TPSA) is 65.1 Å². The van der Waals surface area contributed by atoms with Crippen molar-refractivity contribution in [3.8, 4) is 5.82 Å². The monoisotopic (exact) mass is 190 g/mol. The second kappa shape index (κ2) is 3.29. The van der Waals surface area contributed by atoms with Crippen LogP contribution in [0.3, 0.4) is 0 Å². The van der Waals surface area contributed by atoms with Gasteiger partial charge in [0.2, 0.25) is 0 Å². The first-order valence-electron chi connectivity index (χ1n) is 3.90. The molecule has 0 aliphatic rings. The molecule has 0 radical (unpaired) electrons. The lowest BCUT2D eigenvalue weighted by molar-refractivity contribution is 0.112. The third-order valence-electron chi connectivity index (χ3n) is 1.77. The van der Waals surface area contributed by atoms with Gasteiger partial charge in [0.15, 0.2) is 12.1 Å². The quantitative estimate of drug-likeness (QED) is 0.652. The Morgan fingerprint density at radius 1 is 1.43 bits per heavy atom. The van der Waals surface area contributed by atoms with Crippen LogP contribution >= 0.6 is 0 Å². The number of rotatable bonds is 2. The van der Waals surface area contributed by atoms with Crippen molar-refractivity contribution in [2.24, 2.45) is 0 Å². The highest BCUT2D eigenvalue weighted by Gasteiger charge is 2.05. The Balaban J connectivity index is 2.66. The highest BCUT2D eigenvalue weighted by molar-refractivity contribution is 5.73. The van der Waals surface area contributed by atoms with Crippen molar-refractivity contribution in [1.29, 1.82) is 0 Å². The maximum absolute atomic E-state index is 11.5. The summed E-state index contributed by atoms with van der Waals surface area (Å²) in [6.07, 6.45) is 3.39. The molecular weight excluding hydrogens is 184 g/mol. The van der Waals surface area contributed by atoms with Crippen molar-refractivity contribution in [2.75, 3.05) is 0 Å². The Morgan fingerprint density at radius 3 is 2.93 bits per heavy atom. The van der Waals surface area contributed by atoms with Crippen LogP contribution in [-0.2, 0) is 0 Å². The van der Waals surface area contributed by atoms with Gasteiger partial charge < -0.3 is 4.52 Å². The van der Waals surface area contributed by atoms with Gasteiger partial charge in [-0.2, -0.15) is 0 Å². The number of aromatic nitrogens is 2. The van der Waals surface area contributed by atoms with E-state index in [1.165, 1.54) is 29.2 Å². The number of hydrogen-bond acceptors (Lipinski definition) is 4. The van der Waals surface area contributed by atoms with E-state index in [0.29, 0.717) is 12.1 Å².